The van der Waals surface area contributed by atoms with Gasteiger partial charge in [-0.05, 0) is 61.0 Å². The van der Waals surface area contributed by atoms with Crippen LogP contribution in [0.3, 0.4) is 0 Å². The molecule has 0 aromatic heterocycles. The van der Waals surface area contributed by atoms with Crippen molar-refractivity contribution in [3.8, 4) is 11.5 Å². The first-order chi connectivity index (χ1) is 16.1. The number of halogens is 1. The third kappa shape index (κ3) is 5.90. The van der Waals surface area contributed by atoms with E-state index in [1.54, 1.807) is 81.9 Å². The number of hydrogen-bond donors (Lipinski definition) is 0. The van der Waals surface area contributed by atoms with Crippen molar-refractivity contribution in [2.45, 2.75) is 18.4 Å². The van der Waals surface area contributed by atoms with Gasteiger partial charge in [-0.25, -0.2) is 8.42 Å². The minimum Gasteiger partial charge on any atom is -0.493 e. The Bertz CT molecular complexity index is 1250. The van der Waals surface area contributed by atoms with E-state index in [1.807, 2.05) is 13.0 Å². The second-order valence-electron chi connectivity index (χ2n) is 7.74. The quantitative estimate of drug-likeness (QED) is 0.391. The van der Waals surface area contributed by atoms with E-state index in [2.05, 4.69) is 15.9 Å². The molecule has 0 heterocycles. The molecule has 0 radical (unpaired) electrons. The van der Waals surface area contributed by atoms with Crippen molar-refractivity contribution >= 4 is 37.5 Å². The van der Waals surface area contributed by atoms with Gasteiger partial charge in [0.15, 0.2) is 11.5 Å². The summed E-state index contributed by atoms with van der Waals surface area (Å²) >= 11 is 3.37. The van der Waals surface area contributed by atoms with Crippen LogP contribution in [-0.2, 0) is 21.4 Å². The normalized spacial score (nSPS) is 11.1. The Balaban J connectivity index is 1.88. The van der Waals surface area contributed by atoms with Crippen LogP contribution in [0.4, 0.5) is 5.69 Å². The number of nitrogens with zero attached hydrogens (tertiary/aromatic N) is 2. The molecule has 0 N–H and O–H groups in total. The molecular formula is C25H27BrN2O5S. The number of carbonyl (C=O) groups is 1. The van der Waals surface area contributed by atoms with Crippen LogP contribution < -0.4 is 13.8 Å². The molecule has 0 saturated carbocycles. The first-order valence-electron chi connectivity index (χ1n) is 10.5. The van der Waals surface area contributed by atoms with Crippen LogP contribution in [0.15, 0.2) is 76.1 Å². The van der Waals surface area contributed by atoms with E-state index in [4.69, 9.17) is 9.47 Å². The van der Waals surface area contributed by atoms with Crippen LogP contribution in [0.5, 0.6) is 11.5 Å². The Hall–Kier alpha value is -3.04. The highest BCUT2D eigenvalue weighted by molar-refractivity contribution is 9.10. The van der Waals surface area contributed by atoms with Gasteiger partial charge in [-0.15, -0.1) is 0 Å². The standard InChI is InChI=1S/C25H27BrN2O5S/c1-18-5-12-22(13-6-18)34(30,31)28(21-10-8-20(26)9-11-21)17-25(29)27(2)16-19-7-14-23(32-3)24(15-19)33-4/h5-15H,16-17H2,1-4H3. The molecule has 34 heavy (non-hydrogen) atoms. The lowest BCUT2D eigenvalue weighted by Gasteiger charge is -2.27. The first kappa shape index (κ1) is 25.6. The lowest BCUT2D eigenvalue weighted by Crippen LogP contribution is -2.41. The number of hydrogen-bond acceptors (Lipinski definition) is 5. The van der Waals surface area contributed by atoms with Crippen molar-refractivity contribution in [3.05, 3.63) is 82.3 Å². The highest BCUT2D eigenvalue weighted by atomic mass is 79.9. The number of aryl methyl sites for hydroxylation is 1. The summed E-state index contributed by atoms with van der Waals surface area (Å²) in [6, 6.07) is 18.8. The number of ether oxygens (including phenoxy) is 2. The molecule has 0 aliphatic rings. The van der Waals surface area contributed by atoms with Gasteiger partial charge in [-0.2, -0.15) is 0 Å². The van der Waals surface area contributed by atoms with Gasteiger partial charge in [0.2, 0.25) is 5.91 Å². The molecular weight excluding hydrogens is 520 g/mol. The summed E-state index contributed by atoms with van der Waals surface area (Å²) in [4.78, 5) is 14.8. The molecule has 0 fully saturated rings. The zero-order valence-corrected chi connectivity index (χ0v) is 21.9. The summed E-state index contributed by atoms with van der Waals surface area (Å²) < 4.78 is 39.6. The van der Waals surface area contributed by atoms with Crippen LogP contribution in [-0.4, -0.2) is 47.0 Å². The topological polar surface area (TPSA) is 76.2 Å². The molecule has 0 aliphatic heterocycles. The van der Waals surface area contributed by atoms with Gasteiger partial charge in [-0.1, -0.05) is 39.7 Å². The maximum Gasteiger partial charge on any atom is 0.264 e. The van der Waals surface area contributed by atoms with E-state index in [9.17, 15) is 13.2 Å². The Morgan fingerprint density at radius 2 is 1.53 bits per heavy atom. The number of amides is 1. The highest BCUT2D eigenvalue weighted by Gasteiger charge is 2.28. The Morgan fingerprint density at radius 1 is 0.912 bits per heavy atom. The SMILES string of the molecule is COc1ccc(CN(C)C(=O)CN(c2ccc(Br)cc2)S(=O)(=O)c2ccc(C)cc2)cc1OC. The lowest BCUT2D eigenvalue weighted by atomic mass is 10.2. The molecule has 3 rings (SSSR count). The number of carbonyl (C=O) groups excluding carboxylic acids is 1. The van der Waals surface area contributed by atoms with Crippen molar-refractivity contribution in [1.82, 2.24) is 4.90 Å². The zero-order valence-electron chi connectivity index (χ0n) is 19.5. The molecule has 0 bridgehead atoms. The fraction of sp³-hybridized carbons (Fsp3) is 0.240. The summed E-state index contributed by atoms with van der Waals surface area (Å²) in [5, 5.41) is 0. The number of benzene rings is 3. The Kier molecular flexibility index (Phi) is 8.22. The second-order valence-corrected chi connectivity index (χ2v) is 10.5. The smallest absolute Gasteiger partial charge is 0.264 e. The molecule has 180 valence electrons. The van der Waals surface area contributed by atoms with E-state index in [-0.39, 0.29) is 23.9 Å². The molecule has 3 aromatic rings. The van der Waals surface area contributed by atoms with Crippen LogP contribution in [0.2, 0.25) is 0 Å². The second kappa shape index (κ2) is 10.9. The van der Waals surface area contributed by atoms with E-state index < -0.39 is 10.0 Å². The van der Waals surface area contributed by atoms with Crippen molar-refractivity contribution in [3.63, 3.8) is 0 Å². The van der Waals surface area contributed by atoms with Gasteiger partial charge < -0.3 is 14.4 Å². The maximum absolute atomic E-state index is 13.5. The van der Waals surface area contributed by atoms with Gasteiger partial charge in [-0.3, -0.25) is 9.10 Å². The van der Waals surface area contributed by atoms with Crippen molar-refractivity contribution < 1.29 is 22.7 Å². The molecule has 1 amide bonds. The molecule has 0 unspecified atom stereocenters. The average molecular weight is 547 g/mol. The number of methoxy groups -OCH3 is 2. The van der Waals surface area contributed by atoms with Crippen LogP contribution in [0.25, 0.3) is 0 Å². The fourth-order valence-corrected chi connectivity index (χ4v) is 5.02. The molecule has 9 heteroatoms. The summed E-state index contributed by atoms with van der Waals surface area (Å²) in [6.45, 7) is 1.81. The van der Waals surface area contributed by atoms with E-state index in [1.165, 1.54) is 4.90 Å². The third-order valence-corrected chi connectivity index (χ3v) is 7.61. The Morgan fingerprint density at radius 3 is 2.12 bits per heavy atom. The highest BCUT2D eigenvalue weighted by Crippen LogP contribution is 2.29. The lowest BCUT2D eigenvalue weighted by molar-refractivity contribution is -0.128. The predicted molar refractivity (Wildman–Crippen MR) is 136 cm³/mol. The first-order valence-corrected chi connectivity index (χ1v) is 12.7. The van der Waals surface area contributed by atoms with Crippen molar-refractivity contribution in [2.24, 2.45) is 0 Å². The number of rotatable bonds is 9. The Labute approximate surface area is 209 Å². The zero-order chi connectivity index (χ0) is 24.9. The average Bonchev–Trinajstić information content (AvgIpc) is 2.83. The molecule has 0 spiro atoms. The van der Waals surface area contributed by atoms with Gasteiger partial charge in [0.25, 0.3) is 10.0 Å². The third-order valence-electron chi connectivity index (χ3n) is 5.30. The monoisotopic (exact) mass is 546 g/mol. The summed E-state index contributed by atoms with van der Waals surface area (Å²) in [7, 11) is 0.763. The van der Waals surface area contributed by atoms with E-state index in [0.717, 1.165) is 19.9 Å². The summed E-state index contributed by atoms with van der Waals surface area (Å²) in [6.07, 6.45) is 0. The maximum atomic E-state index is 13.5. The minimum atomic E-state index is -3.97. The van der Waals surface area contributed by atoms with Gasteiger partial charge in [0, 0.05) is 18.1 Å². The predicted octanol–water partition coefficient (Wildman–Crippen LogP) is 4.63. The van der Waals surface area contributed by atoms with Crippen LogP contribution in [0, 0.1) is 6.92 Å². The molecule has 0 atom stereocenters. The largest absolute Gasteiger partial charge is 0.493 e. The summed E-state index contributed by atoms with van der Waals surface area (Å²) in [5.74, 6) is 0.790. The number of anilines is 1. The molecule has 3 aromatic carbocycles. The molecule has 7 nitrogen and oxygen atoms in total. The van der Waals surface area contributed by atoms with E-state index in [0.29, 0.717) is 17.2 Å². The van der Waals surface area contributed by atoms with Gasteiger partial charge in [0.05, 0.1) is 24.8 Å². The molecule has 0 aliphatic carbocycles. The van der Waals surface area contributed by atoms with E-state index >= 15 is 0 Å². The van der Waals surface area contributed by atoms with Crippen molar-refractivity contribution in [2.75, 3.05) is 32.1 Å². The van der Waals surface area contributed by atoms with Gasteiger partial charge in [0.1, 0.15) is 6.54 Å². The minimum absolute atomic E-state index is 0.122. The molecule has 0 saturated heterocycles. The number of sulfonamides is 1. The fourth-order valence-electron chi connectivity index (χ4n) is 3.34. The van der Waals surface area contributed by atoms with Gasteiger partial charge >= 0.3 is 0 Å². The summed E-state index contributed by atoms with van der Waals surface area (Å²) in [5.41, 5.74) is 2.17. The van der Waals surface area contributed by atoms with Crippen molar-refractivity contribution in [1.29, 1.82) is 0 Å². The number of likely N-dealkylation sites (N-methyl/N-ethyl adjacent to an activating group) is 1. The van der Waals surface area contributed by atoms with Crippen LogP contribution >= 0.6 is 15.9 Å². The van der Waals surface area contributed by atoms with Crippen LogP contribution in [0.1, 0.15) is 11.1 Å².